The van der Waals surface area contributed by atoms with Crippen LogP contribution in [0.5, 0.6) is 0 Å². The molecule has 15 heavy (non-hydrogen) atoms. The van der Waals surface area contributed by atoms with Crippen molar-refractivity contribution in [2.24, 2.45) is 11.7 Å². The third kappa shape index (κ3) is 2.56. The first kappa shape index (κ1) is 12.2. The zero-order valence-electron chi connectivity index (χ0n) is 10.2. The summed E-state index contributed by atoms with van der Waals surface area (Å²) in [5, 5.41) is 8.30. The van der Waals surface area contributed by atoms with Crippen molar-refractivity contribution in [2.45, 2.75) is 53.1 Å². The largest absolute Gasteiger partial charge is 0.321 e. The van der Waals surface area contributed by atoms with Gasteiger partial charge in [-0.15, -0.1) is 10.2 Å². The van der Waals surface area contributed by atoms with Crippen LogP contribution in [-0.2, 0) is 6.54 Å². The Labute approximate surface area is 91.9 Å². The van der Waals surface area contributed by atoms with Crippen molar-refractivity contribution >= 4 is 0 Å². The highest BCUT2D eigenvalue weighted by Gasteiger charge is 2.20. The Morgan fingerprint density at radius 3 is 2.53 bits per heavy atom. The van der Waals surface area contributed by atoms with Gasteiger partial charge in [-0.2, -0.15) is 0 Å². The van der Waals surface area contributed by atoms with Gasteiger partial charge in [-0.3, -0.25) is 0 Å². The maximum atomic E-state index is 6.17. The molecular formula is C11H22N4. The molecule has 0 amide bonds. The highest BCUT2D eigenvalue weighted by Crippen LogP contribution is 2.20. The van der Waals surface area contributed by atoms with Crippen molar-refractivity contribution in [2.75, 3.05) is 0 Å². The van der Waals surface area contributed by atoms with Crippen LogP contribution >= 0.6 is 0 Å². The van der Waals surface area contributed by atoms with E-state index in [4.69, 9.17) is 5.73 Å². The Bertz CT molecular complexity index is 306. The Morgan fingerprint density at radius 2 is 2.00 bits per heavy atom. The number of hydrogen-bond donors (Lipinski definition) is 1. The zero-order valence-corrected chi connectivity index (χ0v) is 10.2. The van der Waals surface area contributed by atoms with Gasteiger partial charge in [-0.05, 0) is 19.3 Å². The Hall–Kier alpha value is -0.900. The first-order chi connectivity index (χ1) is 7.11. The minimum Gasteiger partial charge on any atom is -0.321 e. The number of rotatable bonds is 5. The van der Waals surface area contributed by atoms with E-state index in [1.54, 1.807) is 0 Å². The predicted octanol–water partition coefficient (Wildman–Crippen LogP) is 2.04. The summed E-state index contributed by atoms with van der Waals surface area (Å²) in [4.78, 5) is 0. The van der Waals surface area contributed by atoms with E-state index < -0.39 is 0 Å². The van der Waals surface area contributed by atoms with Gasteiger partial charge in [0.15, 0.2) is 0 Å². The van der Waals surface area contributed by atoms with Crippen LogP contribution in [0.4, 0.5) is 0 Å². The minimum atomic E-state index is 0.00255. The van der Waals surface area contributed by atoms with Crippen molar-refractivity contribution in [1.29, 1.82) is 0 Å². The predicted molar refractivity (Wildman–Crippen MR) is 61.4 cm³/mol. The summed E-state index contributed by atoms with van der Waals surface area (Å²) in [5.74, 6) is 2.35. The quantitative estimate of drug-likeness (QED) is 0.809. The van der Waals surface area contributed by atoms with Gasteiger partial charge in [0.1, 0.15) is 11.6 Å². The van der Waals surface area contributed by atoms with Crippen LogP contribution in [0.3, 0.4) is 0 Å². The molecule has 1 rings (SSSR count). The molecule has 0 aliphatic rings. The van der Waals surface area contributed by atoms with Gasteiger partial charge in [-0.1, -0.05) is 27.2 Å². The molecule has 0 fully saturated rings. The second kappa shape index (κ2) is 5.26. The van der Waals surface area contributed by atoms with Crippen molar-refractivity contribution in [1.82, 2.24) is 14.8 Å². The standard InChI is InChI=1S/C11H22N4/c1-5-7-15-9(4)13-14-11(15)10(12)8(3)6-2/h8,10H,5-7,12H2,1-4H3/t8?,10-/m0/s1. The van der Waals surface area contributed by atoms with Gasteiger partial charge >= 0.3 is 0 Å². The van der Waals surface area contributed by atoms with Crippen molar-refractivity contribution in [3.8, 4) is 0 Å². The summed E-state index contributed by atoms with van der Waals surface area (Å²) in [6, 6.07) is 0.00255. The Balaban J connectivity index is 2.92. The lowest BCUT2D eigenvalue weighted by atomic mass is 9.99. The van der Waals surface area contributed by atoms with E-state index in [2.05, 4.69) is 35.5 Å². The van der Waals surface area contributed by atoms with Gasteiger partial charge in [0.05, 0.1) is 6.04 Å². The van der Waals surface area contributed by atoms with E-state index in [0.717, 1.165) is 31.0 Å². The zero-order chi connectivity index (χ0) is 11.4. The number of aryl methyl sites for hydroxylation is 1. The molecule has 1 unspecified atom stereocenters. The van der Waals surface area contributed by atoms with Gasteiger partial charge in [0.2, 0.25) is 0 Å². The second-order valence-corrected chi connectivity index (χ2v) is 4.17. The smallest absolute Gasteiger partial charge is 0.150 e. The van der Waals surface area contributed by atoms with Crippen LogP contribution in [-0.4, -0.2) is 14.8 Å². The van der Waals surface area contributed by atoms with E-state index in [9.17, 15) is 0 Å². The molecule has 86 valence electrons. The van der Waals surface area contributed by atoms with Crippen LogP contribution < -0.4 is 5.73 Å². The highest BCUT2D eigenvalue weighted by molar-refractivity contribution is 5.00. The molecule has 0 saturated heterocycles. The maximum absolute atomic E-state index is 6.17. The molecule has 0 bridgehead atoms. The lowest BCUT2D eigenvalue weighted by molar-refractivity contribution is 0.419. The summed E-state index contributed by atoms with van der Waals surface area (Å²) < 4.78 is 2.14. The summed E-state index contributed by atoms with van der Waals surface area (Å²) in [6.07, 6.45) is 2.15. The fraction of sp³-hybridized carbons (Fsp3) is 0.818. The average Bonchev–Trinajstić information content (AvgIpc) is 2.59. The fourth-order valence-electron chi connectivity index (χ4n) is 1.65. The van der Waals surface area contributed by atoms with E-state index in [-0.39, 0.29) is 6.04 Å². The van der Waals surface area contributed by atoms with Crippen LogP contribution in [0.2, 0.25) is 0 Å². The van der Waals surface area contributed by atoms with Gasteiger partial charge in [0, 0.05) is 6.54 Å². The lowest BCUT2D eigenvalue weighted by Gasteiger charge is -2.18. The Kier molecular flexibility index (Phi) is 4.27. The van der Waals surface area contributed by atoms with Crippen molar-refractivity contribution in [3.63, 3.8) is 0 Å². The summed E-state index contributed by atoms with van der Waals surface area (Å²) >= 11 is 0. The average molecular weight is 210 g/mol. The minimum absolute atomic E-state index is 0.00255. The Morgan fingerprint density at radius 1 is 1.33 bits per heavy atom. The number of aromatic nitrogens is 3. The van der Waals surface area contributed by atoms with Gasteiger partial charge in [0.25, 0.3) is 0 Å². The second-order valence-electron chi connectivity index (χ2n) is 4.17. The molecule has 4 heteroatoms. The van der Waals surface area contributed by atoms with E-state index in [0.29, 0.717) is 5.92 Å². The van der Waals surface area contributed by atoms with Gasteiger partial charge < -0.3 is 10.3 Å². The molecule has 4 nitrogen and oxygen atoms in total. The third-order valence-electron chi connectivity index (χ3n) is 2.97. The molecule has 1 heterocycles. The van der Waals surface area contributed by atoms with Crippen LogP contribution in [0, 0.1) is 12.8 Å². The third-order valence-corrected chi connectivity index (χ3v) is 2.97. The van der Waals surface area contributed by atoms with Crippen LogP contribution in [0.1, 0.15) is 51.3 Å². The van der Waals surface area contributed by atoms with Gasteiger partial charge in [-0.25, -0.2) is 0 Å². The molecule has 1 aromatic heterocycles. The number of nitrogens with zero attached hydrogens (tertiary/aromatic N) is 3. The number of nitrogens with two attached hydrogens (primary N) is 1. The molecule has 0 aliphatic heterocycles. The van der Waals surface area contributed by atoms with Crippen molar-refractivity contribution < 1.29 is 0 Å². The maximum Gasteiger partial charge on any atom is 0.150 e. The van der Waals surface area contributed by atoms with E-state index in [1.165, 1.54) is 0 Å². The molecule has 2 N–H and O–H groups in total. The molecular weight excluding hydrogens is 188 g/mol. The SMILES string of the molecule is CCCn1c(C)nnc1[C@@H](N)C(C)CC. The highest BCUT2D eigenvalue weighted by atomic mass is 15.3. The van der Waals surface area contributed by atoms with Crippen LogP contribution in [0.15, 0.2) is 0 Å². The topological polar surface area (TPSA) is 56.7 Å². The molecule has 0 radical (unpaired) electrons. The number of hydrogen-bond acceptors (Lipinski definition) is 3. The monoisotopic (exact) mass is 210 g/mol. The first-order valence-corrected chi connectivity index (χ1v) is 5.77. The molecule has 0 aromatic carbocycles. The molecule has 1 aromatic rings. The lowest BCUT2D eigenvalue weighted by Crippen LogP contribution is -2.23. The first-order valence-electron chi connectivity index (χ1n) is 5.77. The summed E-state index contributed by atoms with van der Waals surface area (Å²) in [7, 11) is 0. The van der Waals surface area contributed by atoms with Crippen molar-refractivity contribution in [3.05, 3.63) is 11.6 Å². The molecule has 0 spiro atoms. The molecule has 0 saturated carbocycles. The van der Waals surface area contributed by atoms with E-state index in [1.807, 2.05) is 6.92 Å². The fourth-order valence-corrected chi connectivity index (χ4v) is 1.65. The molecule has 2 atom stereocenters. The molecule has 0 aliphatic carbocycles. The normalized spacial score (nSPS) is 15.3. The van der Waals surface area contributed by atoms with Crippen LogP contribution in [0.25, 0.3) is 0 Å². The summed E-state index contributed by atoms with van der Waals surface area (Å²) in [6.45, 7) is 9.40. The van der Waals surface area contributed by atoms with E-state index >= 15 is 0 Å². The summed E-state index contributed by atoms with van der Waals surface area (Å²) in [5.41, 5.74) is 6.17.